The van der Waals surface area contributed by atoms with Crippen molar-refractivity contribution in [1.29, 1.82) is 0 Å². The van der Waals surface area contributed by atoms with Gasteiger partial charge < -0.3 is 24.0 Å². The summed E-state index contributed by atoms with van der Waals surface area (Å²) >= 11 is 0. The average Bonchev–Trinajstić information content (AvgIpc) is 3.17. The molecular formula is C25H28N6O3. The first-order valence-electron chi connectivity index (χ1n) is 11.8. The van der Waals surface area contributed by atoms with E-state index < -0.39 is 0 Å². The van der Waals surface area contributed by atoms with Crippen molar-refractivity contribution in [3.63, 3.8) is 0 Å². The van der Waals surface area contributed by atoms with Gasteiger partial charge in [-0.15, -0.1) is 0 Å². The van der Waals surface area contributed by atoms with Crippen LogP contribution in [0.25, 0.3) is 27.7 Å². The predicted octanol–water partition coefficient (Wildman–Crippen LogP) is 1.56. The first-order valence-corrected chi connectivity index (χ1v) is 11.8. The summed E-state index contributed by atoms with van der Waals surface area (Å²) in [5, 5.41) is 0.461. The number of benzene rings is 1. The maximum absolute atomic E-state index is 13.8. The number of aromatic nitrogens is 3. The molecule has 0 radical (unpaired) electrons. The topological polar surface area (TPSA) is 75.3 Å². The van der Waals surface area contributed by atoms with Gasteiger partial charge in [0.05, 0.1) is 29.6 Å². The highest BCUT2D eigenvalue weighted by Crippen LogP contribution is 2.27. The first-order chi connectivity index (χ1) is 16.5. The molecule has 6 rings (SSSR count). The summed E-state index contributed by atoms with van der Waals surface area (Å²) in [5.74, 6) is 0.607. The van der Waals surface area contributed by atoms with Crippen LogP contribution in [-0.2, 0) is 11.8 Å². The number of para-hydroxylation sites is 2. The van der Waals surface area contributed by atoms with Gasteiger partial charge in [-0.3, -0.25) is 14.0 Å². The second kappa shape index (κ2) is 8.11. The van der Waals surface area contributed by atoms with Crippen molar-refractivity contribution < 1.29 is 9.53 Å². The fourth-order valence-corrected chi connectivity index (χ4v) is 5.16. The van der Waals surface area contributed by atoms with Gasteiger partial charge in [-0.2, -0.15) is 0 Å². The lowest BCUT2D eigenvalue weighted by molar-refractivity contribution is 0.0664. The van der Waals surface area contributed by atoms with Crippen LogP contribution in [-0.4, -0.2) is 89.2 Å². The lowest BCUT2D eigenvalue weighted by Crippen LogP contribution is -2.48. The minimum Gasteiger partial charge on any atom is -0.378 e. The van der Waals surface area contributed by atoms with Gasteiger partial charge in [0.15, 0.2) is 5.65 Å². The Bertz CT molecular complexity index is 1480. The number of imidazole rings is 1. The first kappa shape index (κ1) is 21.1. The van der Waals surface area contributed by atoms with E-state index in [-0.39, 0.29) is 16.9 Å². The molecule has 34 heavy (non-hydrogen) atoms. The van der Waals surface area contributed by atoms with Crippen molar-refractivity contribution in [2.24, 2.45) is 7.05 Å². The number of carbonyl (C=O) groups excluding carboxylic acids is 1. The molecule has 0 saturated carbocycles. The van der Waals surface area contributed by atoms with Crippen LogP contribution >= 0.6 is 0 Å². The standard InChI is InChI=1S/C25H28N6O3/c1-27-9-11-30(12-10-27)25(33)21-22(32)17-7-8-20(29-13-15-34-16-14-29)26-23(17)31-19-6-4-3-5-18(19)28(2)24(21)31/h3-8H,9-16H2,1-2H3. The summed E-state index contributed by atoms with van der Waals surface area (Å²) in [6, 6.07) is 11.7. The normalized spacial score (nSPS) is 17.8. The summed E-state index contributed by atoms with van der Waals surface area (Å²) < 4.78 is 9.42. The Morgan fingerprint density at radius 2 is 1.62 bits per heavy atom. The van der Waals surface area contributed by atoms with Gasteiger partial charge >= 0.3 is 0 Å². The van der Waals surface area contributed by atoms with Crippen LogP contribution in [0.4, 0.5) is 5.82 Å². The van der Waals surface area contributed by atoms with Crippen LogP contribution in [0.2, 0.25) is 0 Å². The number of anilines is 1. The summed E-state index contributed by atoms with van der Waals surface area (Å²) in [5.41, 5.74) is 3.00. The Hall–Kier alpha value is -3.43. The zero-order valence-electron chi connectivity index (χ0n) is 19.5. The number of ether oxygens (including phenoxy) is 1. The minimum atomic E-state index is -0.258. The molecule has 0 bridgehead atoms. The molecule has 2 aliphatic heterocycles. The van der Waals surface area contributed by atoms with Gasteiger partial charge in [0, 0.05) is 46.3 Å². The molecule has 2 saturated heterocycles. The predicted molar refractivity (Wildman–Crippen MR) is 132 cm³/mol. The number of aryl methyl sites for hydroxylation is 1. The summed E-state index contributed by atoms with van der Waals surface area (Å²) in [4.78, 5) is 38.7. The van der Waals surface area contributed by atoms with Gasteiger partial charge in [-0.1, -0.05) is 12.1 Å². The summed E-state index contributed by atoms with van der Waals surface area (Å²) in [6.07, 6.45) is 0. The van der Waals surface area contributed by atoms with E-state index in [1.807, 2.05) is 59.5 Å². The molecule has 9 nitrogen and oxygen atoms in total. The number of piperazine rings is 1. The molecule has 2 aliphatic rings. The van der Waals surface area contributed by atoms with Crippen LogP contribution in [0.1, 0.15) is 10.4 Å². The number of hydrogen-bond acceptors (Lipinski definition) is 6. The number of hydrogen-bond donors (Lipinski definition) is 0. The molecular weight excluding hydrogens is 432 g/mol. The molecule has 0 aliphatic carbocycles. The molecule has 1 amide bonds. The molecule has 3 aromatic heterocycles. The number of amides is 1. The number of nitrogens with zero attached hydrogens (tertiary/aromatic N) is 6. The lowest BCUT2D eigenvalue weighted by Gasteiger charge is -2.32. The molecule has 0 N–H and O–H groups in total. The van der Waals surface area contributed by atoms with E-state index in [1.165, 1.54) is 0 Å². The Labute approximate surface area is 196 Å². The van der Waals surface area contributed by atoms with Crippen LogP contribution in [0, 0.1) is 0 Å². The van der Waals surface area contributed by atoms with E-state index in [1.54, 1.807) is 4.90 Å². The lowest BCUT2D eigenvalue weighted by atomic mass is 10.1. The van der Waals surface area contributed by atoms with Crippen molar-refractivity contribution in [2.75, 3.05) is 64.4 Å². The highest BCUT2D eigenvalue weighted by molar-refractivity contribution is 6.06. The molecule has 0 atom stereocenters. The second-order valence-corrected chi connectivity index (χ2v) is 9.15. The third-order valence-electron chi connectivity index (χ3n) is 7.12. The maximum Gasteiger partial charge on any atom is 0.261 e. The number of carbonyl (C=O) groups is 1. The van der Waals surface area contributed by atoms with Crippen molar-refractivity contribution >= 4 is 39.4 Å². The molecule has 2 fully saturated rings. The summed E-state index contributed by atoms with van der Waals surface area (Å²) in [7, 11) is 3.96. The van der Waals surface area contributed by atoms with E-state index in [2.05, 4.69) is 9.80 Å². The molecule has 9 heteroatoms. The fourth-order valence-electron chi connectivity index (χ4n) is 5.16. The van der Waals surface area contributed by atoms with Gasteiger partial charge in [0.25, 0.3) is 5.91 Å². The zero-order valence-corrected chi connectivity index (χ0v) is 19.5. The highest BCUT2D eigenvalue weighted by atomic mass is 16.5. The monoisotopic (exact) mass is 460 g/mol. The van der Waals surface area contributed by atoms with E-state index in [0.717, 1.165) is 43.0 Å². The zero-order chi connectivity index (χ0) is 23.4. The Kier molecular flexibility index (Phi) is 5.04. The van der Waals surface area contributed by atoms with Gasteiger partial charge in [0.2, 0.25) is 5.43 Å². The molecule has 176 valence electrons. The maximum atomic E-state index is 13.8. The minimum absolute atomic E-state index is 0.208. The van der Waals surface area contributed by atoms with Crippen molar-refractivity contribution in [3.05, 3.63) is 52.2 Å². The molecule has 4 aromatic rings. The Morgan fingerprint density at radius 3 is 2.35 bits per heavy atom. The van der Waals surface area contributed by atoms with Crippen molar-refractivity contribution in [1.82, 2.24) is 23.8 Å². The third-order valence-corrected chi connectivity index (χ3v) is 7.12. The van der Waals surface area contributed by atoms with E-state index in [4.69, 9.17) is 9.72 Å². The SMILES string of the molecule is CN1CCN(C(=O)c2c(=O)c3ccc(N4CCOCC4)nc3n3c4ccccc4n(C)c23)CC1. The number of rotatable bonds is 2. The molecule has 5 heterocycles. The molecule has 1 aromatic carbocycles. The van der Waals surface area contributed by atoms with E-state index in [9.17, 15) is 9.59 Å². The number of fused-ring (bicyclic) bond motifs is 5. The number of pyridine rings is 2. The number of likely N-dealkylation sites (N-methyl/N-ethyl adjacent to an activating group) is 1. The van der Waals surface area contributed by atoms with Crippen LogP contribution in [0.5, 0.6) is 0 Å². The number of morpholine rings is 1. The van der Waals surface area contributed by atoms with Crippen LogP contribution in [0.15, 0.2) is 41.2 Å². The van der Waals surface area contributed by atoms with Crippen LogP contribution < -0.4 is 10.3 Å². The highest BCUT2D eigenvalue weighted by Gasteiger charge is 2.29. The Balaban J connectivity index is 1.64. The molecule has 0 unspecified atom stereocenters. The van der Waals surface area contributed by atoms with Gasteiger partial charge in [-0.25, -0.2) is 4.98 Å². The van der Waals surface area contributed by atoms with Crippen LogP contribution in [0.3, 0.4) is 0 Å². The summed E-state index contributed by atoms with van der Waals surface area (Å²) in [6.45, 7) is 5.63. The smallest absolute Gasteiger partial charge is 0.261 e. The van der Waals surface area contributed by atoms with Gasteiger partial charge in [-0.05, 0) is 31.3 Å². The van der Waals surface area contributed by atoms with Crippen molar-refractivity contribution in [3.8, 4) is 0 Å². The largest absolute Gasteiger partial charge is 0.378 e. The molecule has 0 spiro atoms. The van der Waals surface area contributed by atoms with E-state index in [0.29, 0.717) is 43.0 Å². The van der Waals surface area contributed by atoms with Gasteiger partial charge in [0.1, 0.15) is 17.0 Å². The average molecular weight is 461 g/mol. The Morgan fingerprint density at radius 1 is 0.912 bits per heavy atom. The van der Waals surface area contributed by atoms with E-state index >= 15 is 0 Å². The fraction of sp³-hybridized carbons (Fsp3) is 0.400. The quantitative estimate of drug-likeness (QED) is 0.452. The van der Waals surface area contributed by atoms with Crippen molar-refractivity contribution in [2.45, 2.75) is 0 Å². The third kappa shape index (κ3) is 3.19. The second-order valence-electron chi connectivity index (χ2n) is 9.15.